The van der Waals surface area contributed by atoms with E-state index in [9.17, 15) is 9.59 Å². The molecule has 2 rings (SSSR count). The van der Waals surface area contributed by atoms with Crippen LogP contribution < -0.4 is 0 Å². The number of imide groups is 1. The molecule has 1 heterocycles. The van der Waals surface area contributed by atoms with E-state index in [0.29, 0.717) is 13.0 Å². The molecule has 0 radical (unpaired) electrons. The molecule has 1 saturated heterocycles. The molecule has 1 fully saturated rings. The molecule has 17 heavy (non-hydrogen) atoms. The predicted octanol–water partition coefficient (Wildman–Crippen LogP) is 1.63. The molecule has 90 valence electrons. The van der Waals surface area contributed by atoms with Gasteiger partial charge >= 0.3 is 0 Å². The molecule has 5 heteroatoms. The molecule has 1 N–H and O–H groups in total. The van der Waals surface area contributed by atoms with E-state index in [-0.39, 0.29) is 23.3 Å². The standard InChI is InChI=1S/C12H13NO3S/c14-9-3-5-10(6-4-9)17-8-12(16)13-7-1-2-11(13)15/h3-6,14H,1-2,7-8H2. The highest BCUT2D eigenvalue weighted by atomic mass is 32.2. The van der Waals surface area contributed by atoms with Gasteiger partial charge in [0.25, 0.3) is 0 Å². The van der Waals surface area contributed by atoms with Crippen LogP contribution in [-0.2, 0) is 9.59 Å². The second kappa shape index (κ2) is 5.23. The molecule has 0 aromatic heterocycles. The molecule has 0 spiro atoms. The van der Waals surface area contributed by atoms with Crippen LogP contribution in [0.15, 0.2) is 29.2 Å². The van der Waals surface area contributed by atoms with Gasteiger partial charge in [-0.05, 0) is 30.7 Å². The molecule has 1 aliphatic heterocycles. The second-order valence-electron chi connectivity index (χ2n) is 3.83. The van der Waals surface area contributed by atoms with Gasteiger partial charge in [-0.25, -0.2) is 0 Å². The average Bonchev–Trinajstić information content (AvgIpc) is 2.74. The van der Waals surface area contributed by atoms with Crippen LogP contribution in [0.4, 0.5) is 0 Å². The zero-order chi connectivity index (χ0) is 12.3. The highest BCUT2D eigenvalue weighted by Crippen LogP contribution is 2.21. The summed E-state index contributed by atoms with van der Waals surface area (Å²) in [7, 11) is 0. The fraction of sp³-hybridized carbons (Fsp3) is 0.333. The number of carbonyl (C=O) groups excluding carboxylic acids is 2. The summed E-state index contributed by atoms with van der Waals surface area (Å²) in [4.78, 5) is 25.3. The Labute approximate surface area is 104 Å². The Morgan fingerprint density at radius 1 is 1.35 bits per heavy atom. The van der Waals surface area contributed by atoms with Gasteiger partial charge in [0, 0.05) is 17.9 Å². The van der Waals surface area contributed by atoms with Crippen molar-refractivity contribution in [1.29, 1.82) is 0 Å². The normalized spacial score (nSPS) is 15.3. The summed E-state index contributed by atoms with van der Waals surface area (Å²) in [6, 6.07) is 6.65. The van der Waals surface area contributed by atoms with Gasteiger partial charge in [0.1, 0.15) is 5.75 Å². The Morgan fingerprint density at radius 2 is 2.06 bits per heavy atom. The molecular formula is C12H13NO3S. The van der Waals surface area contributed by atoms with Gasteiger partial charge in [-0.2, -0.15) is 0 Å². The van der Waals surface area contributed by atoms with Gasteiger partial charge in [-0.15, -0.1) is 11.8 Å². The second-order valence-corrected chi connectivity index (χ2v) is 4.87. The smallest absolute Gasteiger partial charge is 0.239 e. The maximum absolute atomic E-state index is 11.7. The van der Waals surface area contributed by atoms with Crippen molar-refractivity contribution in [3.05, 3.63) is 24.3 Å². The lowest BCUT2D eigenvalue weighted by Gasteiger charge is -2.12. The summed E-state index contributed by atoms with van der Waals surface area (Å²) < 4.78 is 0. The summed E-state index contributed by atoms with van der Waals surface area (Å²) in [6.07, 6.45) is 1.25. The minimum atomic E-state index is -0.134. The molecule has 1 aliphatic rings. The number of thioether (sulfide) groups is 1. The van der Waals surface area contributed by atoms with Crippen molar-refractivity contribution in [2.24, 2.45) is 0 Å². The Bertz CT molecular complexity index is 430. The maximum atomic E-state index is 11.7. The first-order valence-corrected chi connectivity index (χ1v) is 6.40. The first kappa shape index (κ1) is 12.0. The molecule has 4 nitrogen and oxygen atoms in total. The lowest BCUT2D eigenvalue weighted by Crippen LogP contribution is -2.33. The van der Waals surface area contributed by atoms with E-state index < -0.39 is 0 Å². The van der Waals surface area contributed by atoms with E-state index in [1.807, 2.05) is 0 Å². The number of amides is 2. The SMILES string of the molecule is O=C1CCCN1C(=O)CSc1ccc(O)cc1. The number of hydrogen-bond donors (Lipinski definition) is 1. The Morgan fingerprint density at radius 3 is 2.65 bits per heavy atom. The first-order chi connectivity index (χ1) is 8.16. The van der Waals surface area contributed by atoms with E-state index in [4.69, 9.17) is 5.11 Å². The fourth-order valence-electron chi connectivity index (χ4n) is 1.68. The number of likely N-dealkylation sites (tertiary alicyclic amines) is 1. The van der Waals surface area contributed by atoms with E-state index in [1.54, 1.807) is 24.3 Å². The summed E-state index contributed by atoms with van der Waals surface area (Å²) >= 11 is 1.37. The van der Waals surface area contributed by atoms with Crippen molar-refractivity contribution in [2.75, 3.05) is 12.3 Å². The van der Waals surface area contributed by atoms with Crippen LogP contribution in [0.3, 0.4) is 0 Å². The van der Waals surface area contributed by atoms with E-state index >= 15 is 0 Å². The third-order valence-corrected chi connectivity index (χ3v) is 3.57. The third kappa shape index (κ3) is 3.00. The summed E-state index contributed by atoms with van der Waals surface area (Å²) in [5, 5.41) is 9.11. The van der Waals surface area contributed by atoms with Crippen molar-refractivity contribution >= 4 is 23.6 Å². The van der Waals surface area contributed by atoms with Crippen molar-refractivity contribution in [3.8, 4) is 5.75 Å². The van der Waals surface area contributed by atoms with Crippen molar-refractivity contribution in [2.45, 2.75) is 17.7 Å². The van der Waals surface area contributed by atoms with E-state index in [0.717, 1.165) is 11.3 Å². The van der Waals surface area contributed by atoms with Gasteiger partial charge in [0.15, 0.2) is 0 Å². The third-order valence-electron chi connectivity index (χ3n) is 2.57. The lowest BCUT2D eigenvalue weighted by molar-refractivity contribution is -0.140. The van der Waals surface area contributed by atoms with Crippen molar-refractivity contribution in [3.63, 3.8) is 0 Å². The maximum Gasteiger partial charge on any atom is 0.239 e. The van der Waals surface area contributed by atoms with Crippen LogP contribution in [0.2, 0.25) is 0 Å². The fourth-order valence-corrected chi connectivity index (χ4v) is 2.45. The van der Waals surface area contributed by atoms with Gasteiger partial charge in [-0.3, -0.25) is 14.5 Å². The zero-order valence-electron chi connectivity index (χ0n) is 9.26. The zero-order valence-corrected chi connectivity index (χ0v) is 10.1. The Kier molecular flexibility index (Phi) is 3.68. The number of rotatable bonds is 3. The molecule has 0 bridgehead atoms. The molecule has 0 saturated carbocycles. The van der Waals surface area contributed by atoms with Crippen LogP contribution in [0, 0.1) is 0 Å². The first-order valence-electron chi connectivity index (χ1n) is 5.42. The van der Waals surface area contributed by atoms with Crippen LogP contribution in [0.5, 0.6) is 5.75 Å². The van der Waals surface area contributed by atoms with E-state index in [2.05, 4.69) is 0 Å². The molecule has 0 unspecified atom stereocenters. The largest absolute Gasteiger partial charge is 0.508 e. The number of phenolic OH excluding ortho intramolecular Hbond substituents is 1. The van der Waals surface area contributed by atoms with Crippen molar-refractivity contribution in [1.82, 2.24) is 4.90 Å². The van der Waals surface area contributed by atoms with Gasteiger partial charge in [-0.1, -0.05) is 0 Å². The quantitative estimate of drug-likeness (QED) is 0.830. The van der Waals surface area contributed by atoms with Gasteiger partial charge < -0.3 is 5.11 Å². The number of hydrogen-bond acceptors (Lipinski definition) is 4. The molecule has 2 amide bonds. The molecule has 1 aromatic rings. The number of phenols is 1. The number of nitrogens with zero attached hydrogens (tertiary/aromatic N) is 1. The highest BCUT2D eigenvalue weighted by Gasteiger charge is 2.25. The summed E-state index contributed by atoms with van der Waals surface area (Å²) in [5.41, 5.74) is 0. The minimum absolute atomic E-state index is 0.0682. The highest BCUT2D eigenvalue weighted by molar-refractivity contribution is 8.00. The van der Waals surface area contributed by atoms with Crippen LogP contribution >= 0.6 is 11.8 Å². The van der Waals surface area contributed by atoms with Gasteiger partial charge in [0.2, 0.25) is 11.8 Å². The van der Waals surface area contributed by atoms with Gasteiger partial charge in [0.05, 0.1) is 5.75 Å². The lowest BCUT2D eigenvalue weighted by atomic mass is 10.3. The number of benzene rings is 1. The topological polar surface area (TPSA) is 57.6 Å². The molecule has 0 aliphatic carbocycles. The number of aromatic hydroxyl groups is 1. The monoisotopic (exact) mass is 251 g/mol. The Balaban J connectivity index is 1.87. The molecule has 1 aromatic carbocycles. The molecule has 0 atom stereocenters. The Hall–Kier alpha value is -1.49. The van der Waals surface area contributed by atoms with Crippen LogP contribution in [0.25, 0.3) is 0 Å². The molecular weight excluding hydrogens is 238 g/mol. The number of carbonyl (C=O) groups is 2. The minimum Gasteiger partial charge on any atom is -0.508 e. The summed E-state index contributed by atoms with van der Waals surface area (Å²) in [5.74, 6) is 0.263. The van der Waals surface area contributed by atoms with Crippen LogP contribution in [0.1, 0.15) is 12.8 Å². The predicted molar refractivity (Wildman–Crippen MR) is 64.8 cm³/mol. The van der Waals surface area contributed by atoms with Crippen molar-refractivity contribution < 1.29 is 14.7 Å². The van der Waals surface area contributed by atoms with E-state index in [1.165, 1.54) is 16.7 Å². The summed E-state index contributed by atoms with van der Waals surface area (Å²) in [6.45, 7) is 0.549. The van der Waals surface area contributed by atoms with Crippen LogP contribution in [-0.4, -0.2) is 34.1 Å². The average molecular weight is 251 g/mol.